The molecule has 0 bridgehead atoms. The van der Waals surface area contributed by atoms with E-state index in [1.165, 1.54) is 30.9 Å². The van der Waals surface area contributed by atoms with Crippen LogP contribution in [0, 0.1) is 20.8 Å². The van der Waals surface area contributed by atoms with Gasteiger partial charge in [0.05, 0.1) is 26.2 Å². The number of hydrogen-bond donors (Lipinski definition) is 0. The molecule has 52 heavy (non-hydrogen) atoms. The quantitative estimate of drug-likeness (QED) is 0.113. The predicted molar refractivity (Wildman–Crippen MR) is 247 cm³/mol. The van der Waals surface area contributed by atoms with Crippen molar-refractivity contribution in [2.24, 2.45) is 0 Å². The fraction of sp³-hybridized carbons (Fsp3) is 0.500. The Morgan fingerprint density at radius 1 is 0.519 bits per heavy atom. The van der Waals surface area contributed by atoms with Gasteiger partial charge >= 0.3 is 0 Å². The zero-order valence-corrected chi connectivity index (χ0v) is 39.8. The average molecular weight is 983 g/mol. The Kier molecular flexibility index (Phi) is 49.5. The molecule has 0 spiro atoms. The Balaban J connectivity index is -0.000000171. The summed E-state index contributed by atoms with van der Waals surface area (Å²) >= 11 is 6.29. The highest BCUT2D eigenvalue weighted by atomic mass is 79.9. The van der Waals surface area contributed by atoms with E-state index < -0.39 is 0 Å². The Morgan fingerprint density at radius 2 is 0.827 bits per heavy atom. The molecule has 5 rings (SSSR count). The van der Waals surface area contributed by atoms with E-state index in [0.717, 1.165) is 49.2 Å². The third-order valence-electron chi connectivity index (χ3n) is 6.85. The third kappa shape index (κ3) is 30.5. The summed E-state index contributed by atoms with van der Waals surface area (Å²) < 4.78 is 11.3. The van der Waals surface area contributed by atoms with Crippen LogP contribution in [0.15, 0.2) is 110 Å². The van der Waals surface area contributed by atoms with Gasteiger partial charge < -0.3 is 4.57 Å². The van der Waals surface area contributed by atoms with Gasteiger partial charge in [-0.05, 0) is 40.0 Å². The van der Waals surface area contributed by atoms with Crippen molar-refractivity contribution < 1.29 is 9.13 Å². The van der Waals surface area contributed by atoms with Gasteiger partial charge in [-0.15, -0.1) is 34.0 Å². The maximum Gasteiger partial charge on any atom is 0.253 e. The lowest BCUT2D eigenvalue weighted by Gasteiger charge is -1.99. The van der Waals surface area contributed by atoms with Gasteiger partial charge in [0.1, 0.15) is 30.6 Å². The summed E-state index contributed by atoms with van der Waals surface area (Å²) in [5, 5.41) is 2.12. The molecule has 0 aliphatic rings. The molecule has 0 radical (unpaired) electrons. The lowest BCUT2D eigenvalue weighted by atomic mass is 10.4. The minimum absolute atomic E-state index is 0. The van der Waals surface area contributed by atoms with Gasteiger partial charge in [0.25, 0.3) is 11.6 Å². The Bertz CT molecular complexity index is 1220. The Morgan fingerprint density at radius 3 is 1.02 bits per heavy atom. The molecule has 10 heteroatoms. The summed E-state index contributed by atoms with van der Waals surface area (Å²) in [6.45, 7) is 26.9. The van der Waals surface area contributed by atoms with Crippen molar-refractivity contribution in [3.05, 3.63) is 127 Å². The van der Waals surface area contributed by atoms with Gasteiger partial charge in [0, 0.05) is 43.4 Å². The van der Waals surface area contributed by atoms with Crippen LogP contribution in [0.2, 0.25) is 0 Å². The van der Waals surface area contributed by atoms with E-state index in [1.54, 1.807) is 0 Å². The molecule has 0 N–H and O–H groups in total. The highest BCUT2D eigenvalue weighted by Gasteiger charge is 2.09. The summed E-state index contributed by atoms with van der Waals surface area (Å²) in [5.74, 6) is 3.82. The summed E-state index contributed by atoms with van der Waals surface area (Å²) in [6, 6.07) is 24.0. The number of alkyl halides is 2. The fourth-order valence-corrected chi connectivity index (χ4v) is 4.36. The molecule has 0 saturated heterocycles. The Labute approximate surface area is 357 Å². The summed E-state index contributed by atoms with van der Waals surface area (Å²) in [6.07, 6.45) is 16.0. The third-order valence-corrected chi connectivity index (χ3v) is 6.85. The molecule has 5 aromatic rings. The van der Waals surface area contributed by atoms with Gasteiger partial charge in [0.2, 0.25) is 0 Å². The van der Waals surface area contributed by atoms with Gasteiger partial charge in [-0.25, -0.2) is 23.3 Å². The van der Waals surface area contributed by atoms with Crippen LogP contribution >= 0.6 is 65.8 Å². The first-order valence-electron chi connectivity index (χ1n) is 18.0. The topological polar surface area (TPSA) is 35.4 Å². The van der Waals surface area contributed by atoms with Crippen LogP contribution in [0.4, 0.5) is 0 Å². The average Bonchev–Trinajstić information content (AvgIpc) is 3.82. The van der Waals surface area contributed by atoms with Gasteiger partial charge in [-0.1, -0.05) is 147 Å². The molecule has 3 heterocycles. The molecule has 0 saturated carbocycles. The summed E-state index contributed by atoms with van der Waals surface area (Å²) in [4.78, 5) is 4.10. The monoisotopic (exact) mass is 978 g/mol. The van der Waals surface area contributed by atoms with Crippen molar-refractivity contribution in [1.29, 1.82) is 0 Å². The molecule has 3 aromatic heterocycles. The normalized spacial score (nSPS) is 8.69. The second-order valence-electron chi connectivity index (χ2n) is 10.7. The van der Waals surface area contributed by atoms with Gasteiger partial charge in [-0.2, -0.15) is 0 Å². The molecule has 0 fully saturated rings. The van der Waals surface area contributed by atoms with Crippen molar-refractivity contribution in [3.63, 3.8) is 0 Å². The van der Waals surface area contributed by atoms with Crippen LogP contribution < -0.4 is 9.13 Å². The number of hydrogen-bond acceptors (Lipinski definition) is 1. The molecule has 2 aromatic carbocycles. The van der Waals surface area contributed by atoms with Crippen molar-refractivity contribution in [1.82, 2.24) is 18.7 Å². The minimum atomic E-state index is 0. The van der Waals surface area contributed by atoms with Crippen LogP contribution in [0.3, 0.4) is 0 Å². The van der Waals surface area contributed by atoms with E-state index in [4.69, 9.17) is 0 Å². The molecule has 298 valence electrons. The molecule has 6 nitrogen and oxygen atoms in total. The van der Waals surface area contributed by atoms with E-state index >= 15 is 0 Å². The standard InChI is InChI=1S/2C9H17N2.C7H12N2.2C6H6.2C2H5Br.CH4.2BrH/c2*1-4-6-11-8-7-10(5-2)9(11)3;1-3-5-9-6-4-8-7(9)2;2*1-2-4-6-5-3-1;2*1-2-3;;;/h2*7-8H,4-6H2,1-3H3;4,6H,3,5H2,1-2H3;2*1-6H;2*2H2,1H3;1H4;2*1H/q2*+1;;;;;;;;. The van der Waals surface area contributed by atoms with Gasteiger partial charge in [0.15, 0.2) is 0 Å². The van der Waals surface area contributed by atoms with Crippen molar-refractivity contribution in [2.45, 2.75) is 129 Å². The molecule has 0 aliphatic heterocycles. The zero-order chi connectivity index (χ0) is 37.1. The van der Waals surface area contributed by atoms with Crippen molar-refractivity contribution in [3.8, 4) is 0 Å². The van der Waals surface area contributed by atoms with Crippen LogP contribution in [0.1, 0.15) is 92.6 Å². The fourth-order valence-electron chi connectivity index (χ4n) is 4.36. The van der Waals surface area contributed by atoms with Crippen LogP contribution in [-0.4, -0.2) is 29.3 Å². The molecule has 0 atom stereocenters. The molecule has 0 unspecified atom stereocenters. The minimum Gasteiger partial charge on any atom is -0.335 e. The number of benzene rings is 2. The predicted octanol–water partition coefficient (Wildman–Crippen LogP) is 12.6. The lowest BCUT2D eigenvalue weighted by molar-refractivity contribution is -0.702. The lowest BCUT2D eigenvalue weighted by Crippen LogP contribution is -2.35. The molecule has 0 aliphatic carbocycles. The number of imidazole rings is 3. The van der Waals surface area contributed by atoms with E-state index in [1.807, 2.05) is 106 Å². The zero-order valence-electron chi connectivity index (χ0n) is 33.2. The SMILES string of the molecule is Br.Br.C.CCBr.CCBr.CCC[n+]1ccn(CC)c1C.CCC[n+]1ccn(CC)c1C.CCCn1ccnc1C.c1ccccc1.c1ccccc1. The van der Waals surface area contributed by atoms with Crippen LogP contribution in [0.25, 0.3) is 0 Å². The van der Waals surface area contributed by atoms with E-state index in [0.29, 0.717) is 0 Å². The second kappa shape index (κ2) is 43.4. The van der Waals surface area contributed by atoms with Crippen molar-refractivity contribution in [2.75, 3.05) is 10.7 Å². The van der Waals surface area contributed by atoms with Crippen LogP contribution in [0.5, 0.6) is 0 Å². The maximum absolute atomic E-state index is 4.10. The Hall–Kier alpha value is -2.01. The van der Waals surface area contributed by atoms with E-state index in [2.05, 4.69) is 133 Å². The smallest absolute Gasteiger partial charge is 0.253 e. The maximum atomic E-state index is 4.10. The molecule has 0 amide bonds. The largest absolute Gasteiger partial charge is 0.335 e. The number of aryl methyl sites for hydroxylation is 6. The molecular formula is C42H74Br4N6+2. The summed E-state index contributed by atoms with van der Waals surface area (Å²) in [5.41, 5.74) is 0. The molecular weight excluding hydrogens is 908 g/mol. The highest BCUT2D eigenvalue weighted by molar-refractivity contribution is 9.09. The summed E-state index contributed by atoms with van der Waals surface area (Å²) in [7, 11) is 0. The number of aromatic nitrogens is 6. The van der Waals surface area contributed by atoms with E-state index in [-0.39, 0.29) is 41.4 Å². The first kappa shape index (κ1) is 59.3. The van der Waals surface area contributed by atoms with E-state index in [9.17, 15) is 0 Å². The first-order valence-corrected chi connectivity index (χ1v) is 20.2. The van der Waals surface area contributed by atoms with Gasteiger partial charge in [-0.3, -0.25) is 0 Å². The van der Waals surface area contributed by atoms with Crippen LogP contribution in [-0.2, 0) is 32.7 Å². The number of rotatable bonds is 8. The first-order chi connectivity index (χ1) is 23.8. The number of nitrogens with zero attached hydrogens (tertiary/aromatic N) is 6. The number of halogens is 4. The van der Waals surface area contributed by atoms with Crippen molar-refractivity contribution >= 4 is 65.8 Å². The highest BCUT2D eigenvalue weighted by Crippen LogP contribution is 1.96. The second-order valence-corrected chi connectivity index (χ2v) is 12.9.